The number of aliphatic hydroxyl groups is 4. The lowest BCUT2D eigenvalue weighted by molar-refractivity contribution is -0.305. The molecular formula is C47H88O9. The van der Waals surface area contributed by atoms with Crippen molar-refractivity contribution in [1.29, 1.82) is 0 Å². The van der Waals surface area contributed by atoms with Crippen LogP contribution in [-0.4, -0.2) is 89.6 Å². The fourth-order valence-electron chi connectivity index (χ4n) is 7.17. The number of esters is 1. The number of rotatable bonds is 40. The molecule has 330 valence electrons. The molecule has 1 saturated heterocycles. The van der Waals surface area contributed by atoms with E-state index in [1.54, 1.807) is 0 Å². The maximum atomic E-state index is 12.8. The number of unbranched alkanes of at least 4 members (excludes halogenated alkanes) is 25. The molecule has 0 radical (unpaired) electrons. The molecule has 1 heterocycles. The molecular weight excluding hydrogens is 709 g/mol. The molecule has 1 aliphatic rings. The topological polar surface area (TPSA) is 135 Å². The number of carbonyl (C=O) groups excluding carboxylic acids is 1. The van der Waals surface area contributed by atoms with E-state index in [4.69, 9.17) is 18.9 Å². The second kappa shape index (κ2) is 39.1. The molecule has 0 saturated carbocycles. The normalized spacial score (nSPS) is 20.7. The molecule has 6 unspecified atom stereocenters. The highest BCUT2D eigenvalue weighted by molar-refractivity contribution is 5.69. The van der Waals surface area contributed by atoms with E-state index < -0.39 is 43.4 Å². The third-order valence-electron chi connectivity index (χ3n) is 10.9. The molecule has 0 aromatic carbocycles. The summed E-state index contributed by atoms with van der Waals surface area (Å²) in [6.45, 7) is 4.55. The summed E-state index contributed by atoms with van der Waals surface area (Å²) in [5, 5.41) is 40.1. The van der Waals surface area contributed by atoms with Gasteiger partial charge in [0.05, 0.1) is 19.8 Å². The predicted molar refractivity (Wildman–Crippen MR) is 229 cm³/mol. The molecule has 0 bridgehead atoms. The second-order valence-electron chi connectivity index (χ2n) is 16.2. The Labute approximate surface area is 343 Å². The van der Waals surface area contributed by atoms with E-state index in [1.807, 2.05) is 0 Å². The zero-order valence-electron chi connectivity index (χ0n) is 36.1. The van der Waals surface area contributed by atoms with Crippen molar-refractivity contribution in [3.63, 3.8) is 0 Å². The Morgan fingerprint density at radius 3 is 1.55 bits per heavy atom. The number of allylic oxidation sites excluding steroid dienone is 4. The van der Waals surface area contributed by atoms with E-state index in [0.29, 0.717) is 13.0 Å². The van der Waals surface area contributed by atoms with E-state index in [1.165, 1.54) is 128 Å². The van der Waals surface area contributed by atoms with Gasteiger partial charge in [0.25, 0.3) is 0 Å². The van der Waals surface area contributed by atoms with Gasteiger partial charge in [-0.3, -0.25) is 4.79 Å². The molecule has 6 atom stereocenters. The highest BCUT2D eigenvalue weighted by Gasteiger charge is 2.44. The predicted octanol–water partition coefficient (Wildman–Crippen LogP) is 10.6. The van der Waals surface area contributed by atoms with E-state index >= 15 is 0 Å². The minimum Gasteiger partial charge on any atom is -0.457 e. The van der Waals surface area contributed by atoms with Crippen molar-refractivity contribution in [3.8, 4) is 0 Å². The van der Waals surface area contributed by atoms with Crippen LogP contribution in [0.1, 0.15) is 206 Å². The first-order valence-electron chi connectivity index (χ1n) is 23.4. The lowest BCUT2D eigenvalue weighted by Gasteiger charge is -2.39. The quantitative estimate of drug-likeness (QED) is 0.0271. The first-order valence-corrected chi connectivity index (χ1v) is 23.4. The zero-order chi connectivity index (χ0) is 40.7. The van der Waals surface area contributed by atoms with Gasteiger partial charge in [-0.25, -0.2) is 0 Å². The van der Waals surface area contributed by atoms with Crippen molar-refractivity contribution in [2.45, 2.75) is 243 Å². The molecule has 1 aliphatic heterocycles. The lowest BCUT2D eigenvalue weighted by Crippen LogP contribution is -2.59. The van der Waals surface area contributed by atoms with Crippen LogP contribution in [0.4, 0.5) is 0 Å². The van der Waals surface area contributed by atoms with Crippen LogP contribution in [0, 0.1) is 0 Å². The first kappa shape index (κ1) is 52.7. The van der Waals surface area contributed by atoms with Gasteiger partial charge in [-0.15, -0.1) is 0 Å². The van der Waals surface area contributed by atoms with Crippen LogP contribution >= 0.6 is 0 Å². The smallest absolute Gasteiger partial charge is 0.306 e. The maximum Gasteiger partial charge on any atom is 0.306 e. The summed E-state index contributed by atoms with van der Waals surface area (Å²) in [4.78, 5) is 12.8. The van der Waals surface area contributed by atoms with Gasteiger partial charge in [0.2, 0.25) is 0 Å². The van der Waals surface area contributed by atoms with Gasteiger partial charge in [0, 0.05) is 13.0 Å². The van der Waals surface area contributed by atoms with E-state index in [9.17, 15) is 25.2 Å². The molecule has 0 aliphatic carbocycles. The van der Waals surface area contributed by atoms with Gasteiger partial charge in [-0.1, -0.05) is 179 Å². The highest BCUT2D eigenvalue weighted by atomic mass is 16.7. The van der Waals surface area contributed by atoms with Crippen molar-refractivity contribution in [2.24, 2.45) is 0 Å². The number of ether oxygens (including phenoxy) is 4. The Kier molecular flexibility index (Phi) is 36.8. The number of carbonyl (C=O) groups is 1. The summed E-state index contributed by atoms with van der Waals surface area (Å²) in [5.74, 6) is -0.324. The summed E-state index contributed by atoms with van der Waals surface area (Å²) in [5.41, 5.74) is 0. The largest absolute Gasteiger partial charge is 0.457 e. The number of aliphatic hydroxyl groups excluding tert-OH is 4. The Hall–Kier alpha value is -1.33. The molecule has 1 fully saturated rings. The van der Waals surface area contributed by atoms with Crippen LogP contribution in [0.5, 0.6) is 0 Å². The Bertz CT molecular complexity index is 910. The SMILES string of the molecule is CCCCCC/C=C\C/C=C\CCCCCCCC(=O)OC(COCCCCCCCCCCCCCCCCCCC)COC1OC(CO)C(O)C(O)C1O. The Morgan fingerprint density at radius 1 is 0.571 bits per heavy atom. The summed E-state index contributed by atoms with van der Waals surface area (Å²) in [6, 6.07) is 0. The van der Waals surface area contributed by atoms with Gasteiger partial charge < -0.3 is 39.4 Å². The van der Waals surface area contributed by atoms with E-state index in [2.05, 4.69) is 38.2 Å². The minimum absolute atomic E-state index is 0.115. The van der Waals surface area contributed by atoms with Crippen LogP contribution in [0.15, 0.2) is 24.3 Å². The zero-order valence-corrected chi connectivity index (χ0v) is 36.1. The summed E-state index contributed by atoms with van der Waals surface area (Å²) in [6.07, 6.45) is 37.7. The maximum absolute atomic E-state index is 12.8. The molecule has 56 heavy (non-hydrogen) atoms. The third kappa shape index (κ3) is 29.8. The highest BCUT2D eigenvalue weighted by Crippen LogP contribution is 2.23. The summed E-state index contributed by atoms with van der Waals surface area (Å²) < 4.78 is 22.8. The molecule has 0 aromatic heterocycles. The van der Waals surface area contributed by atoms with Crippen LogP contribution in [0.3, 0.4) is 0 Å². The summed E-state index contributed by atoms with van der Waals surface area (Å²) in [7, 11) is 0. The molecule has 4 N–H and O–H groups in total. The van der Waals surface area contributed by atoms with E-state index in [-0.39, 0.29) is 19.2 Å². The average molecular weight is 797 g/mol. The van der Waals surface area contributed by atoms with Crippen LogP contribution in [0.2, 0.25) is 0 Å². The standard InChI is InChI=1S/C47H88O9/c1-3-5-7-9-11-13-15-17-19-21-23-25-27-29-31-33-35-37-53-39-41(40-54-47-46(52)45(51)44(50)42(38-48)56-47)55-43(49)36-34-32-30-28-26-24-22-20-18-16-14-12-10-8-6-4-2/h14,16,20,22,41-42,44-48,50-52H,3-13,15,17-19,21,23-40H2,1-2H3/b16-14-,22-20-. The van der Waals surface area contributed by atoms with Gasteiger partial charge in [0.15, 0.2) is 6.29 Å². The lowest BCUT2D eigenvalue weighted by atomic mass is 9.99. The fraction of sp³-hybridized carbons (Fsp3) is 0.894. The van der Waals surface area contributed by atoms with Crippen molar-refractivity contribution < 1.29 is 44.2 Å². The Morgan fingerprint density at radius 2 is 1.04 bits per heavy atom. The van der Waals surface area contributed by atoms with Gasteiger partial charge in [-0.05, 0) is 44.9 Å². The van der Waals surface area contributed by atoms with Crippen molar-refractivity contribution in [1.82, 2.24) is 0 Å². The summed E-state index contributed by atoms with van der Waals surface area (Å²) >= 11 is 0. The molecule has 9 heteroatoms. The van der Waals surface area contributed by atoms with Crippen molar-refractivity contribution in [2.75, 3.05) is 26.4 Å². The molecule has 9 nitrogen and oxygen atoms in total. The van der Waals surface area contributed by atoms with Gasteiger partial charge in [0.1, 0.15) is 30.5 Å². The van der Waals surface area contributed by atoms with Gasteiger partial charge in [-0.2, -0.15) is 0 Å². The molecule has 0 aromatic rings. The average Bonchev–Trinajstić information content (AvgIpc) is 3.20. The fourth-order valence-corrected chi connectivity index (χ4v) is 7.17. The molecule has 0 spiro atoms. The van der Waals surface area contributed by atoms with Crippen LogP contribution in [-0.2, 0) is 23.7 Å². The van der Waals surface area contributed by atoms with Gasteiger partial charge >= 0.3 is 5.97 Å². The van der Waals surface area contributed by atoms with Crippen molar-refractivity contribution >= 4 is 5.97 Å². The third-order valence-corrected chi connectivity index (χ3v) is 10.9. The van der Waals surface area contributed by atoms with Crippen LogP contribution < -0.4 is 0 Å². The number of hydrogen-bond acceptors (Lipinski definition) is 9. The second-order valence-corrected chi connectivity index (χ2v) is 16.2. The minimum atomic E-state index is -1.54. The molecule has 1 rings (SSSR count). The monoisotopic (exact) mass is 797 g/mol. The number of hydrogen-bond donors (Lipinski definition) is 4. The van der Waals surface area contributed by atoms with E-state index in [0.717, 1.165) is 57.8 Å². The first-order chi connectivity index (χ1) is 27.4. The molecule has 0 amide bonds. The van der Waals surface area contributed by atoms with Crippen molar-refractivity contribution in [3.05, 3.63) is 24.3 Å². The Balaban J connectivity index is 2.25. The van der Waals surface area contributed by atoms with Crippen LogP contribution in [0.25, 0.3) is 0 Å².